The number of hydrogen-bond acceptors (Lipinski definition) is 5. The molecular formula is C20H26N6. The fourth-order valence-electron chi connectivity index (χ4n) is 3.75. The molecule has 1 fully saturated rings. The number of aryl methyl sites for hydroxylation is 1. The molecule has 1 aliphatic rings. The van der Waals surface area contributed by atoms with E-state index in [0.717, 1.165) is 49.6 Å². The minimum atomic E-state index is 0.711. The second kappa shape index (κ2) is 7.83. The second-order valence-corrected chi connectivity index (χ2v) is 6.96. The number of fused-ring (bicyclic) bond motifs is 1. The van der Waals surface area contributed by atoms with Crippen LogP contribution >= 0.6 is 0 Å². The van der Waals surface area contributed by atoms with Gasteiger partial charge in [-0.2, -0.15) is 9.61 Å². The minimum Gasteiger partial charge on any atom is -0.381 e. The highest BCUT2D eigenvalue weighted by molar-refractivity contribution is 5.66. The smallest absolute Gasteiger partial charge is 0.200 e. The molecule has 0 unspecified atom stereocenters. The Bertz CT molecular complexity index is 836. The van der Waals surface area contributed by atoms with E-state index in [9.17, 15) is 0 Å². The van der Waals surface area contributed by atoms with Crippen molar-refractivity contribution in [2.45, 2.75) is 32.1 Å². The van der Waals surface area contributed by atoms with Gasteiger partial charge in [0, 0.05) is 13.1 Å². The van der Waals surface area contributed by atoms with Crippen LogP contribution in [0.25, 0.3) is 5.65 Å². The molecule has 0 aliphatic carbocycles. The maximum atomic E-state index is 4.49. The summed E-state index contributed by atoms with van der Waals surface area (Å²) < 4.78 is 1.76. The van der Waals surface area contributed by atoms with Gasteiger partial charge in [-0.1, -0.05) is 37.3 Å². The Morgan fingerprint density at radius 3 is 2.73 bits per heavy atom. The predicted molar refractivity (Wildman–Crippen MR) is 104 cm³/mol. The van der Waals surface area contributed by atoms with Gasteiger partial charge in [-0.05, 0) is 49.9 Å². The SMILES string of the molecule is CCc1cc(NCCN2CCC(c3ccccc3)CC2)c2nncn2n1. The van der Waals surface area contributed by atoms with Crippen LogP contribution in [0.4, 0.5) is 5.69 Å². The summed E-state index contributed by atoms with van der Waals surface area (Å²) in [5.41, 5.74) is 4.35. The van der Waals surface area contributed by atoms with Crippen molar-refractivity contribution < 1.29 is 0 Å². The summed E-state index contributed by atoms with van der Waals surface area (Å²) >= 11 is 0. The maximum absolute atomic E-state index is 4.49. The topological polar surface area (TPSA) is 58.3 Å². The van der Waals surface area contributed by atoms with Crippen molar-refractivity contribution in [3.63, 3.8) is 0 Å². The Kier molecular flexibility index (Phi) is 5.11. The average Bonchev–Trinajstić information content (AvgIpc) is 3.18. The zero-order chi connectivity index (χ0) is 17.8. The highest BCUT2D eigenvalue weighted by Crippen LogP contribution is 2.27. The lowest BCUT2D eigenvalue weighted by Crippen LogP contribution is -2.36. The van der Waals surface area contributed by atoms with Crippen molar-refractivity contribution in [3.8, 4) is 0 Å². The molecule has 0 saturated carbocycles. The molecule has 1 saturated heterocycles. The molecule has 0 amide bonds. The monoisotopic (exact) mass is 350 g/mol. The summed E-state index contributed by atoms with van der Waals surface area (Å²) in [5, 5.41) is 16.2. The van der Waals surface area contributed by atoms with Crippen LogP contribution in [0.3, 0.4) is 0 Å². The molecule has 2 aromatic heterocycles. The van der Waals surface area contributed by atoms with Gasteiger partial charge >= 0.3 is 0 Å². The van der Waals surface area contributed by atoms with Gasteiger partial charge in [0.1, 0.15) is 6.33 Å². The first-order chi connectivity index (χ1) is 12.8. The van der Waals surface area contributed by atoms with Crippen LogP contribution in [-0.2, 0) is 6.42 Å². The fraction of sp³-hybridized carbons (Fsp3) is 0.450. The molecule has 4 rings (SSSR count). The number of rotatable bonds is 6. The number of hydrogen-bond donors (Lipinski definition) is 1. The van der Waals surface area contributed by atoms with Gasteiger partial charge in [-0.3, -0.25) is 0 Å². The lowest BCUT2D eigenvalue weighted by molar-refractivity contribution is 0.219. The average molecular weight is 350 g/mol. The lowest BCUT2D eigenvalue weighted by Gasteiger charge is -2.32. The van der Waals surface area contributed by atoms with E-state index in [1.165, 1.54) is 18.4 Å². The minimum absolute atomic E-state index is 0.711. The van der Waals surface area contributed by atoms with Crippen molar-refractivity contribution in [2.24, 2.45) is 0 Å². The maximum Gasteiger partial charge on any atom is 0.200 e. The zero-order valence-electron chi connectivity index (χ0n) is 15.3. The lowest BCUT2D eigenvalue weighted by atomic mass is 9.89. The molecule has 1 N–H and O–H groups in total. The molecule has 0 atom stereocenters. The third-order valence-corrected chi connectivity index (χ3v) is 5.28. The molecule has 0 bridgehead atoms. The van der Waals surface area contributed by atoms with Crippen molar-refractivity contribution in [1.82, 2.24) is 24.7 Å². The first-order valence-electron chi connectivity index (χ1n) is 9.54. The number of benzene rings is 1. The third-order valence-electron chi connectivity index (χ3n) is 5.28. The molecule has 6 heteroatoms. The van der Waals surface area contributed by atoms with E-state index in [0.29, 0.717) is 5.92 Å². The molecular weight excluding hydrogens is 324 g/mol. The highest BCUT2D eigenvalue weighted by atomic mass is 15.3. The van der Waals surface area contributed by atoms with Gasteiger partial charge in [-0.25, -0.2) is 0 Å². The Hall–Kier alpha value is -2.47. The normalized spacial score (nSPS) is 16.2. The van der Waals surface area contributed by atoms with Gasteiger partial charge in [-0.15, -0.1) is 10.2 Å². The Balaban J connectivity index is 1.30. The van der Waals surface area contributed by atoms with Crippen molar-refractivity contribution in [2.75, 3.05) is 31.5 Å². The molecule has 1 aliphatic heterocycles. The van der Waals surface area contributed by atoms with Crippen LogP contribution in [0, 0.1) is 0 Å². The zero-order valence-corrected chi connectivity index (χ0v) is 15.3. The molecule has 1 aromatic carbocycles. The summed E-state index contributed by atoms with van der Waals surface area (Å²) in [7, 11) is 0. The van der Waals surface area contributed by atoms with Gasteiger partial charge in [0.05, 0.1) is 11.4 Å². The third kappa shape index (κ3) is 3.70. The molecule has 26 heavy (non-hydrogen) atoms. The number of piperidine rings is 1. The molecule has 136 valence electrons. The van der Waals surface area contributed by atoms with Gasteiger partial charge in [0.2, 0.25) is 5.65 Å². The predicted octanol–water partition coefficient (Wildman–Crippen LogP) is 2.98. The number of anilines is 1. The van der Waals surface area contributed by atoms with Crippen LogP contribution in [0.1, 0.15) is 36.9 Å². The molecule has 0 spiro atoms. The number of aromatic nitrogens is 4. The molecule has 3 heterocycles. The first-order valence-corrected chi connectivity index (χ1v) is 9.54. The summed E-state index contributed by atoms with van der Waals surface area (Å²) in [6.07, 6.45) is 5.05. The number of nitrogens with zero attached hydrogens (tertiary/aromatic N) is 5. The van der Waals surface area contributed by atoms with Crippen molar-refractivity contribution >= 4 is 11.3 Å². The van der Waals surface area contributed by atoms with Gasteiger partial charge in [0.25, 0.3) is 0 Å². The van der Waals surface area contributed by atoms with Crippen LogP contribution in [0.2, 0.25) is 0 Å². The van der Waals surface area contributed by atoms with Crippen LogP contribution in [-0.4, -0.2) is 50.9 Å². The van der Waals surface area contributed by atoms with Crippen molar-refractivity contribution in [1.29, 1.82) is 0 Å². The van der Waals surface area contributed by atoms with Crippen LogP contribution in [0.5, 0.6) is 0 Å². The van der Waals surface area contributed by atoms with Gasteiger partial charge < -0.3 is 10.2 Å². The quantitative estimate of drug-likeness (QED) is 0.741. The van der Waals surface area contributed by atoms with E-state index >= 15 is 0 Å². The van der Waals surface area contributed by atoms with Crippen molar-refractivity contribution in [3.05, 3.63) is 54.0 Å². The van der Waals surface area contributed by atoms with E-state index in [2.05, 4.69) is 68.8 Å². The van der Waals surface area contributed by atoms with E-state index in [1.54, 1.807) is 10.8 Å². The summed E-state index contributed by atoms with van der Waals surface area (Å²) in [4.78, 5) is 2.55. The van der Waals surface area contributed by atoms with Gasteiger partial charge in [0.15, 0.2) is 0 Å². The van der Waals surface area contributed by atoms with Crippen LogP contribution in [0.15, 0.2) is 42.7 Å². The van der Waals surface area contributed by atoms with E-state index in [-0.39, 0.29) is 0 Å². The summed E-state index contributed by atoms with van der Waals surface area (Å²) in [5.74, 6) is 0.711. The molecule has 0 radical (unpaired) electrons. The Labute approximate surface area is 154 Å². The molecule has 3 aromatic rings. The summed E-state index contributed by atoms with van der Waals surface area (Å²) in [6, 6.07) is 13.0. The largest absolute Gasteiger partial charge is 0.381 e. The standard InChI is InChI=1S/C20H26N6/c1-2-18-14-19(20-23-22-15-26(20)24-18)21-10-13-25-11-8-17(9-12-25)16-6-4-3-5-7-16/h3-7,14-15,17,21H,2,8-13H2,1H3. The number of likely N-dealkylation sites (tertiary alicyclic amines) is 1. The second-order valence-electron chi connectivity index (χ2n) is 6.96. The number of nitrogens with one attached hydrogen (secondary N) is 1. The van der Waals surface area contributed by atoms with E-state index in [4.69, 9.17) is 0 Å². The van der Waals surface area contributed by atoms with E-state index in [1.807, 2.05) is 0 Å². The van der Waals surface area contributed by atoms with E-state index < -0.39 is 0 Å². The Morgan fingerprint density at radius 1 is 1.15 bits per heavy atom. The first kappa shape index (κ1) is 17.0. The Morgan fingerprint density at radius 2 is 1.96 bits per heavy atom. The fourth-order valence-corrected chi connectivity index (χ4v) is 3.75. The van der Waals surface area contributed by atoms with Crippen LogP contribution < -0.4 is 5.32 Å². The highest BCUT2D eigenvalue weighted by Gasteiger charge is 2.20. The summed E-state index contributed by atoms with van der Waals surface area (Å²) in [6.45, 7) is 6.40. The molecule has 6 nitrogen and oxygen atoms in total.